The van der Waals surface area contributed by atoms with Gasteiger partial charge in [0.05, 0.1) is 5.57 Å². The van der Waals surface area contributed by atoms with Gasteiger partial charge in [-0.25, -0.2) is 0 Å². The molecule has 2 N–H and O–H groups in total. The van der Waals surface area contributed by atoms with Crippen molar-refractivity contribution in [3.63, 3.8) is 0 Å². The minimum absolute atomic E-state index is 0.118. The second-order valence-corrected chi connectivity index (χ2v) is 9.46. The molecule has 178 valence electrons. The fourth-order valence-corrected chi connectivity index (χ4v) is 5.27. The molecule has 3 aliphatic heterocycles. The molecule has 2 saturated heterocycles. The second kappa shape index (κ2) is 9.54. The van der Waals surface area contributed by atoms with Crippen molar-refractivity contribution in [3.8, 4) is 0 Å². The molecule has 1 aliphatic carbocycles. The summed E-state index contributed by atoms with van der Waals surface area (Å²) in [5, 5.41) is 5.58. The number of rotatable bonds is 6. The Hall–Kier alpha value is -3.26. The van der Waals surface area contributed by atoms with Crippen LogP contribution in [0.25, 0.3) is 0 Å². The Labute approximate surface area is 199 Å². The highest BCUT2D eigenvalue weighted by molar-refractivity contribution is 6.23. The molecule has 1 aromatic carbocycles. The standard InChI is InChI=1S/C26H30N4O4/c31-22-12-11-21(24(32)28-22)30-25(33)19-5-4-6-20(23(19)26(30)34)27-15-17-7-9-18(10-8-17)16-29-13-2-1-3-14-29/h6-10,21,27H,1-5,11-16H2,(H,28,31,32). The van der Waals surface area contributed by atoms with Gasteiger partial charge in [-0.3, -0.25) is 34.3 Å². The zero-order valence-electron chi connectivity index (χ0n) is 19.3. The van der Waals surface area contributed by atoms with Crippen molar-refractivity contribution in [2.75, 3.05) is 13.1 Å². The minimum atomic E-state index is -0.933. The van der Waals surface area contributed by atoms with Crippen LogP contribution in [0.2, 0.25) is 0 Å². The lowest BCUT2D eigenvalue weighted by atomic mass is 9.96. The summed E-state index contributed by atoms with van der Waals surface area (Å²) in [4.78, 5) is 53.6. The summed E-state index contributed by atoms with van der Waals surface area (Å²) >= 11 is 0. The number of hydrogen-bond acceptors (Lipinski definition) is 6. The molecule has 1 unspecified atom stereocenters. The first kappa shape index (κ1) is 22.5. The molecule has 0 radical (unpaired) electrons. The number of allylic oxidation sites excluding steroid dienone is 1. The van der Waals surface area contributed by atoms with E-state index in [1.54, 1.807) is 0 Å². The lowest BCUT2D eigenvalue weighted by Crippen LogP contribution is -2.54. The molecule has 0 aromatic heterocycles. The van der Waals surface area contributed by atoms with E-state index in [2.05, 4.69) is 39.8 Å². The van der Waals surface area contributed by atoms with Crippen LogP contribution >= 0.6 is 0 Å². The quantitative estimate of drug-likeness (QED) is 0.627. The average molecular weight is 463 g/mol. The fourth-order valence-electron chi connectivity index (χ4n) is 5.27. The summed E-state index contributed by atoms with van der Waals surface area (Å²) in [6.45, 7) is 3.84. The molecule has 8 heteroatoms. The molecule has 8 nitrogen and oxygen atoms in total. The zero-order valence-corrected chi connectivity index (χ0v) is 19.3. The fraction of sp³-hybridized carbons (Fsp3) is 0.462. The van der Waals surface area contributed by atoms with Gasteiger partial charge in [-0.2, -0.15) is 0 Å². The van der Waals surface area contributed by atoms with Gasteiger partial charge in [0.15, 0.2) is 0 Å². The SMILES string of the molecule is O=C1CCC(N2C(=O)C3=C(C2=O)C(NCc2ccc(CN4CCCCC4)cc2)=CCC3)C(=O)N1. The number of carbonyl (C=O) groups excluding carboxylic acids is 4. The third kappa shape index (κ3) is 4.42. The van der Waals surface area contributed by atoms with E-state index < -0.39 is 23.8 Å². The van der Waals surface area contributed by atoms with Gasteiger partial charge in [0.1, 0.15) is 6.04 Å². The Morgan fingerprint density at radius 1 is 0.912 bits per heavy atom. The second-order valence-electron chi connectivity index (χ2n) is 9.46. The smallest absolute Gasteiger partial charge is 0.264 e. The number of likely N-dealkylation sites (tertiary alicyclic amines) is 1. The summed E-state index contributed by atoms with van der Waals surface area (Å²) in [6, 6.07) is 7.57. The topological polar surface area (TPSA) is 98.8 Å². The number of nitrogens with one attached hydrogen (secondary N) is 2. The molecule has 4 amide bonds. The Morgan fingerprint density at radius 2 is 1.65 bits per heavy atom. The zero-order chi connectivity index (χ0) is 23.7. The van der Waals surface area contributed by atoms with Crippen LogP contribution in [0.5, 0.6) is 0 Å². The number of imide groups is 2. The maximum absolute atomic E-state index is 13.2. The molecule has 4 aliphatic rings. The number of nitrogens with zero attached hydrogens (tertiary/aromatic N) is 2. The van der Waals surface area contributed by atoms with Crippen LogP contribution in [-0.4, -0.2) is 52.6 Å². The monoisotopic (exact) mass is 462 g/mol. The van der Waals surface area contributed by atoms with Crippen LogP contribution in [0.15, 0.2) is 47.2 Å². The summed E-state index contributed by atoms with van der Waals surface area (Å²) in [6.07, 6.45) is 7.23. The van der Waals surface area contributed by atoms with E-state index in [1.165, 1.54) is 24.8 Å². The Balaban J connectivity index is 1.23. The van der Waals surface area contributed by atoms with Gasteiger partial charge < -0.3 is 5.32 Å². The molecule has 34 heavy (non-hydrogen) atoms. The molecule has 3 heterocycles. The minimum Gasteiger partial charge on any atom is -0.381 e. The highest BCUT2D eigenvalue weighted by Crippen LogP contribution is 2.35. The van der Waals surface area contributed by atoms with Crippen LogP contribution in [0.4, 0.5) is 0 Å². The molecular weight excluding hydrogens is 432 g/mol. The van der Waals surface area contributed by atoms with Crippen LogP contribution < -0.4 is 10.6 Å². The number of carbonyl (C=O) groups is 4. The van der Waals surface area contributed by atoms with E-state index in [1.807, 2.05) is 6.08 Å². The Morgan fingerprint density at radius 3 is 2.38 bits per heavy atom. The van der Waals surface area contributed by atoms with Crippen molar-refractivity contribution in [1.29, 1.82) is 0 Å². The van der Waals surface area contributed by atoms with E-state index in [9.17, 15) is 19.2 Å². The maximum atomic E-state index is 13.2. The van der Waals surface area contributed by atoms with E-state index in [0.29, 0.717) is 36.2 Å². The van der Waals surface area contributed by atoms with Crippen molar-refractivity contribution in [3.05, 3.63) is 58.3 Å². The molecule has 0 bridgehead atoms. The lowest BCUT2D eigenvalue weighted by molar-refractivity contribution is -0.150. The van der Waals surface area contributed by atoms with E-state index >= 15 is 0 Å². The Bertz CT molecular complexity index is 1080. The molecule has 2 fully saturated rings. The highest BCUT2D eigenvalue weighted by atomic mass is 16.2. The maximum Gasteiger partial charge on any atom is 0.264 e. The molecule has 1 aromatic rings. The summed E-state index contributed by atoms with van der Waals surface area (Å²) in [5.74, 6) is -1.82. The number of benzene rings is 1. The lowest BCUT2D eigenvalue weighted by Gasteiger charge is -2.28. The average Bonchev–Trinajstić information content (AvgIpc) is 3.10. The van der Waals surface area contributed by atoms with Crippen molar-refractivity contribution in [2.24, 2.45) is 0 Å². The summed E-state index contributed by atoms with van der Waals surface area (Å²) < 4.78 is 0. The van der Waals surface area contributed by atoms with Gasteiger partial charge >= 0.3 is 0 Å². The normalized spacial score (nSPS) is 23.7. The van der Waals surface area contributed by atoms with E-state index in [4.69, 9.17) is 0 Å². The Kier molecular flexibility index (Phi) is 6.32. The number of amides is 4. The third-order valence-corrected chi connectivity index (χ3v) is 7.11. The molecule has 1 atom stereocenters. The molecule has 0 spiro atoms. The molecule has 0 saturated carbocycles. The first-order chi connectivity index (χ1) is 16.5. The first-order valence-corrected chi connectivity index (χ1v) is 12.2. The first-order valence-electron chi connectivity index (χ1n) is 12.2. The van der Waals surface area contributed by atoms with E-state index in [-0.39, 0.29) is 18.7 Å². The largest absolute Gasteiger partial charge is 0.381 e. The van der Waals surface area contributed by atoms with Crippen LogP contribution in [0.1, 0.15) is 56.1 Å². The van der Waals surface area contributed by atoms with Crippen molar-refractivity contribution in [2.45, 2.75) is 64.1 Å². The summed E-state index contributed by atoms with van der Waals surface area (Å²) in [7, 11) is 0. The highest BCUT2D eigenvalue weighted by Gasteiger charge is 2.47. The van der Waals surface area contributed by atoms with Crippen molar-refractivity contribution >= 4 is 23.6 Å². The van der Waals surface area contributed by atoms with Gasteiger partial charge in [0.2, 0.25) is 11.8 Å². The number of hydrogen-bond donors (Lipinski definition) is 2. The third-order valence-electron chi connectivity index (χ3n) is 7.11. The van der Waals surface area contributed by atoms with Gasteiger partial charge in [-0.1, -0.05) is 36.8 Å². The predicted octanol–water partition coefficient (Wildman–Crippen LogP) is 1.91. The van der Waals surface area contributed by atoms with Crippen LogP contribution in [-0.2, 0) is 32.3 Å². The predicted molar refractivity (Wildman–Crippen MR) is 125 cm³/mol. The van der Waals surface area contributed by atoms with Gasteiger partial charge in [-0.15, -0.1) is 0 Å². The van der Waals surface area contributed by atoms with E-state index in [0.717, 1.165) is 30.1 Å². The molecular formula is C26H30N4O4. The summed E-state index contributed by atoms with van der Waals surface area (Å²) in [5.41, 5.74) is 3.85. The van der Waals surface area contributed by atoms with Crippen molar-refractivity contribution < 1.29 is 19.2 Å². The van der Waals surface area contributed by atoms with Crippen LogP contribution in [0.3, 0.4) is 0 Å². The van der Waals surface area contributed by atoms with Crippen molar-refractivity contribution in [1.82, 2.24) is 20.4 Å². The van der Waals surface area contributed by atoms with Gasteiger partial charge in [0.25, 0.3) is 11.8 Å². The molecule has 5 rings (SSSR count). The number of piperidine rings is 2. The van der Waals surface area contributed by atoms with Crippen LogP contribution in [0, 0.1) is 0 Å². The van der Waals surface area contributed by atoms with Gasteiger partial charge in [-0.05, 0) is 56.3 Å². The van der Waals surface area contributed by atoms with Gasteiger partial charge in [0, 0.05) is 30.8 Å².